The minimum Gasteiger partial charge on any atom is -0.495 e. The Labute approximate surface area is 291 Å². The molecule has 2 aliphatic rings. The van der Waals surface area contributed by atoms with Crippen molar-refractivity contribution in [1.82, 2.24) is 9.97 Å². The number of ether oxygens (including phenoxy) is 2. The van der Waals surface area contributed by atoms with Gasteiger partial charge in [-0.05, 0) is 110 Å². The van der Waals surface area contributed by atoms with E-state index in [-0.39, 0.29) is 0 Å². The Balaban J connectivity index is 1.54. The molecular formula is C44H38N4O2. The number of benzene rings is 4. The van der Waals surface area contributed by atoms with E-state index in [4.69, 9.17) is 19.5 Å². The van der Waals surface area contributed by atoms with Gasteiger partial charge in [0.25, 0.3) is 0 Å². The number of hydrogen-bond donors (Lipinski definition) is 2. The summed E-state index contributed by atoms with van der Waals surface area (Å²) in [6.45, 7) is 8.18. The zero-order valence-corrected chi connectivity index (χ0v) is 29.1. The quantitative estimate of drug-likeness (QED) is 0.180. The van der Waals surface area contributed by atoms with Gasteiger partial charge < -0.3 is 19.4 Å². The Bertz CT molecular complexity index is 2370. The number of nitrogens with zero attached hydrogens (tertiary/aromatic N) is 2. The number of H-pyrrole nitrogens is 2. The Kier molecular flexibility index (Phi) is 7.72. The third-order valence-corrected chi connectivity index (χ3v) is 9.47. The number of nitrogens with one attached hydrogen (secondary N) is 2. The molecule has 4 aromatic carbocycles. The van der Waals surface area contributed by atoms with Crippen LogP contribution in [0.3, 0.4) is 0 Å². The fraction of sp³-hybridized carbons (Fsp3) is 0.136. The first kappa shape index (κ1) is 31.1. The number of allylic oxidation sites excluding steroid dienone is 4. The van der Waals surface area contributed by atoms with Crippen molar-refractivity contribution in [1.29, 1.82) is 0 Å². The van der Waals surface area contributed by atoms with E-state index >= 15 is 0 Å². The lowest BCUT2D eigenvalue weighted by Gasteiger charge is -2.24. The summed E-state index contributed by atoms with van der Waals surface area (Å²) in [4.78, 5) is 17.1. The lowest BCUT2D eigenvalue weighted by atomic mass is 9.85. The van der Waals surface area contributed by atoms with Crippen LogP contribution in [0.15, 0.2) is 131 Å². The summed E-state index contributed by atoms with van der Waals surface area (Å²) in [6, 6.07) is 29.9. The fourth-order valence-electron chi connectivity index (χ4n) is 7.30. The molecule has 0 saturated carbocycles. The summed E-state index contributed by atoms with van der Waals surface area (Å²) in [5.41, 5.74) is 13.5. The molecule has 4 heterocycles. The fourth-order valence-corrected chi connectivity index (χ4v) is 7.30. The van der Waals surface area contributed by atoms with Crippen molar-refractivity contribution in [2.24, 2.45) is 9.98 Å². The van der Waals surface area contributed by atoms with Crippen LogP contribution >= 0.6 is 0 Å². The second kappa shape index (κ2) is 12.4. The minimum atomic E-state index is 0.742. The van der Waals surface area contributed by atoms with Crippen molar-refractivity contribution in [3.63, 3.8) is 0 Å². The molecule has 2 aromatic heterocycles. The predicted octanol–water partition coefficient (Wildman–Crippen LogP) is 10.5. The van der Waals surface area contributed by atoms with Gasteiger partial charge in [-0.1, -0.05) is 48.5 Å². The van der Waals surface area contributed by atoms with Crippen LogP contribution in [0.4, 0.5) is 0 Å². The van der Waals surface area contributed by atoms with Crippen LogP contribution in [0.25, 0.3) is 43.8 Å². The second-order valence-electron chi connectivity index (χ2n) is 12.9. The SMILES string of the molecule is COc1c(/C(=C2\C=CC(C)=N2)c2ccc(C)[nH]2)cc2ccccc2c1-c1c(OC)c(/C(=C2\C=CC(C)=N2)c2ccc(C)[nH]2)cc2ccccc12. The van der Waals surface area contributed by atoms with E-state index in [1.807, 2.05) is 13.8 Å². The summed E-state index contributed by atoms with van der Waals surface area (Å²) >= 11 is 0. The number of rotatable bonds is 7. The summed E-state index contributed by atoms with van der Waals surface area (Å²) in [5.74, 6) is 1.48. The van der Waals surface area contributed by atoms with Gasteiger partial charge in [-0.3, -0.25) is 9.98 Å². The third kappa shape index (κ3) is 5.21. The average molecular weight is 655 g/mol. The maximum absolute atomic E-state index is 6.56. The van der Waals surface area contributed by atoms with E-state index in [2.05, 4.69) is 133 Å². The normalized spacial score (nSPS) is 16.0. The number of aromatic nitrogens is 2. The molecule has 6 nitrogen and oxygen atoms in total. The maximum Gasteiger partial charge on any atom is 0.135 e. The first-order valence-electron chi connectivity index (χ1n) is 16.8. The van der Waals surface area contributed by atoms with Gasteiger partial charge >= 0.3 is 0 Å². The van der Waals surface area contributed by atoms with Gasteiger partial charge in [-0.15, -0.1) is 0 Å². The Morgan fingerprint density at radius 2 is 0.940 bits per heavy atom. The number of aromatic amines is 2. The van der Waals surface area contributed by atoms with Gasteiger partial charge in [0.1, 0.15) is 11.5 Å². The van der Waals surface area contributed by atoms with Crippen LogP contribution in [0.2, 0.25) is 0 Å². The monoisotopic (exact) mass is 654 g/mol. The van der Waals surface area contributed by atoms with Gasteiger partial charge in [-0.2, -0.15) is 0 Å². The summed E-state index contributed by atoms with van der Waals surface area (Å²) in [5, 5.41) is 4.27. The van der Waals surface area contributed by atoms with Crippen LogP contribution in [0, 0.1) is 13.8 Å². The van der Waals surface area contributed by atoms with Crippen molar-refractivity contribution in [3.8, 4) is 22.6 Å². The molecule has 0 aliphatic carbocycles. The smallest absolute Gasteiger partial charge is 0.135 e. The highest BCUT2D eigenvalue weighted by atomic mass is 16.5. The lowest BCUT2D eigenvalue weighted by Crippen LogP contribution is -2.03. The van der Waals surface area contributed by atoms with E-state index in [1.165, 1.54) is 0 Å². The zero-order chi connectivity index (χ0) is 34.5. The molecule has 0 spiro atoms. The summed E-state index contributed by atoms with van der Waals surface area (Å²) in [7, 11) is 3.51. The Morgan fingerprint density at radius 3 is 1.28 bits per heavy atom. The Hall–Kier alpha value is -6.14. The van der Waals surface area contributed by atoms with Gasteiger partial charge in [0, 0.05) is 67.6 Å². The van der Waals surface area contributed by atoms with Crippen molar-refractivity contribution < 1.29 is 9.47 Å². The molecule has 2 N–H and O–H groups in total. The molecule has 2 aliphatic heterocycles. The molecule has 0 atom stereocenters. The highest BCUT2D eigenvalue weighted by Crippen LogP contribution is 2.52. The number of methoxy groups -OCH3 is 2. The predicted molar refractivity (Wildman–Crippen MR) is 208 cm³/mol. The molecule has 50 heavy (non-hydrogen) atoms. The van der Waals surface area contributed by atoms with Crippen LogP contribution in [0.1, 0.15) is 47.8 Å². The maximum atomic E-state index is 6.56. The van der Waals surface area contributed by atoms with Crippen LogP contribution < -0.4 is 9.47 Å². The van der Waals surface area contributed by atoms with E-state index < -0.39 is 0 Å². The number of hydrogen-bond acceptors (Lipinski definition) is 4. The average Bonchev–Trinajstić information content (AvgIpc) is 3.94. The topological polar surface area (TPSA) is 74.8 Å². The third-order valence-electron chi connectivity index (χ3n) is 9.47. The molecule has 0 saturated heterocycles. The molecule has 0 fully saturated rings. The number of fused-ring (bicyclic) bond motifs is 2. The van der Waals surface area contributed by atoms with Gasteiger partial charge in [0.05, 0.1) is 25.6 Å². The molecule has 6 heteroatoms. The van der Waals surface area contributed by atoms with E-state index in [0.29, 0.717) is 0 Å². The highest BCUT2D eigenvalue weighted by Gasteiger charge is 2.29. The van der Waals surface area contributed by atoms with Gasteiger partial charge in [0.2, 0.25) is 0 Å². The molecule has 246 valence electrons. The van der Waals surface area contributed by atoms with Crippen LogP contribution in [-0.2, 0) is 0 Å². The second-order valence-corrected chi connectivity index (χ2v) is 12.9. The lowest BCUT2D eigenvalue weighted by molar-refractivity contribution is 0.410. The number of aliphatic imine (C=N–C) groups is 2. The van der Waals surface area contributed by atoms with Crippen molar-refractivity contribution in [2.45, 2.75) is 27.7 Å². The highest BCUT2D eigenvalue weighted by molar-refractivity contribution is 6.14. The standard InChI is InChI=1S/C44H38N4O2/c1-25-15-19-35(45-25)39(36-20-16-26(2)46-36)33-23-29-11-7-9-13-31(29)41(43(33)49-5)42-32-14-10-8-12-30(32)24-34(44(42)50-6)40(37-21-17-27(3)47-37)38-22-18-28(4)48-38/h7-24,45,47H,1-6H3/b39-36-,40-38-. The largest absolute Gasteiger partial charge is 0.495 e. The molecule has 0 unspecified atom stereocenters. The van der Waals surface area contributed by atoms with Crippen molar-refractivity contribution in [3.05, 3.63) is 155 Å². The van der Waals surface area contributed by atoms with Crippen LogP contribution in [-0.4, -0.2) is 35.6 Å². The van der Waals surface area contributed by atoms with Crippen molar-refractivity contribution in [2.75, 3.05) is 14.2 Å². The molecule has 0 amide bonds. The van der Waals surface area contributed by atoms with E-state index in [9.17, 15) is 0 Å². The first-order valence-corrected chi connectivity index (χ1v) is 16.8. The van der Waals surface area contributed by atoms with Gasteiger partial charge in [-0.25, -0.2) is 0 Å². The van der Waals surface area contributed by atoms with E-state index in [1.54, 1.807) is 14.2 Å². The molecule has 6 aromatic rings. The molecule has 0 radical (unpaired) electrons. The zero-order valence-electron chi connectivity index (χ0n) is 29.1. The molecule has 8 rings (SSSR count). The first-order chi connectivity index (χ1) is 24.3. The van der Waals surface area contributed by atoms with Crippen molar-refractivity contribution >= 4 is 44.1 Å². The molecule has 0 bridgehead atoms. The van der Waals surface area contributed by atoms with E-state index in [0.717, 1.165) is 112 Å². The Morgan fingerprint density at radius 1 is 0.520 bits per heavy atom. The molecular weight excluding hydrogens is 617 g/mol. The van der Waals surface area contributed by atoms with Crippen LogP contribution in [0.5, 0.6) is 11.5 Å². The summed E-state index contributed by atoms with van der Waals surface area (Å²) < 4.78 is 13.1. The number of aryl methyl sites for hydroxylation is 2. The minimum absolute atomic E-state index is 0.742. The van der Waals surface area contributed by atoms with Gasteiger partial charge in [0.15, 0.2) is 0 Å². The summed E-state index contributed by atoms with van der Waals surface area (Å²) in [6.07, 6.45) is 8.28.